The molecule has 0 aromatic heterocycles. The molecule has 0 fully saturated rings. The quantitative estimate of drug-likeness (QED) is 0.599. The Balaban J connectivity index is 3.55. The fraction of sp³-hybridized carbons (Fsp3) is 0.429. The van der Waals surface area contributed by atoms with E-state index in [9.17, 15) is 0 Å². The van der Waals surface area contributed by atoms with Crippen LogP contribution in [0.3, 0.4) is 0 Å². The monoisotopic (exact) mass is 145 g/mol. The van der Waals surface area contributed by atoms with Crippen molar-refractivity contribution in [2.75, 3.05) is 13.6 Å². The maximum atomic E-state index is 5.71. The summed E-state index contributed by atoms with van der Waals surface area (Å²) in [4.78, 5) is 0. The first-order valence-electron chi connectivity index (χ1n) is 2.93. The molecule has 0 aliphatic heterocycles. The van der Waals surface area contributed by atoms with Gasteiger partial charge < -0.3 is 5.32 Å². The molecular weight excluding hydrogens is 134 g/mol. The lowest BCUT2D eigenvalue weighted by atomic mass is 10.4. The first-order chi connectivity index (χ1) is 4.31. The van der Waals surface area contributed by atoms with E-state index < -0.39 is 0 Å². The summed E-state index contributed by atoms with van der Waals surface area (Å²) in [6.45, 7) is 2.70. The van der Waals surface area contributed by atoms with Crippen LogP contribution in [0.15, 0.2) is 23.3 Å². The van der Waals surface area contributed by atoms with Gasteiger partial charge >= 0.3 is 0 Å². The van der Waals surface area contributed by atoms with Crippen LogP contribution < -0.4 is 5.32 Å². The van der Waals surface area contributed by atoms with Gasteiger partial charge in [0.1, 0.15) is 0 Å². The smallest absolute Gasteiger partial charge is 0.0318 e. The van der Waals surface area contributed by atoms with Crippen LogP contribution in [-0.2, 0) is 0 Å². The Morgan fingerprint density at radius 2 is 2.33 bits per heavy atom. The summed E-state index contributed by atoms with van der Waals surface area (Å²) in [5.74, 6) is 0. The molecule has 9 heavy (non-hydrogen) atoms. The molecule has 52 valence electrons. The van der Waals surface area contributed by atoms with Crippen molar-refractivity contribution in [2.45, 2.75) is 6.92 Å². The van der Waals surface area contributed by atoms with Crippen LogP contribution in [0.2, 0.25) is 0 Å². The minimum atomic E-state index is 0.742. The first-order valence-corrected chi connectivity index (χ1v) is 3.31. The highest BCUT2D eigenvalue weighted by Gasteiger charge is 1.83. The number of hydrogen-bond acceptors (Lipinski definition) is 1. The molecule has 0 saturated heterocycles. The maximum Gasteiger partial charge on any atom is 0.0318 e. The van der Waals surface area contributed by atoms with Crippen molar-refractivity contribution in [3.05, 3.63) is 23.3 Å². The van der Waals surface area contributed by atoms with Crippen LogP contribution in [0.5, 0.6) is 0 Å². The highest BCUT2D eigenvalue weighted by molar-refractivity contribution is 6.29. The topological polar surface area (TPSA) is 12.0 Å². The zero-order valence-corrected chi connectivity index (χ0v) is 6.57. The number of allylic oxidation sites excluding steroid dienone is 3. The van der Waals surface area contributed by atoms with E-state index in [1.807, 2.05) is 32.2 Å². The maximum absolute atomic E-state index is 5.71. The second-order valence-electron chi connectivity index (χ2n) is 1.67. The third-order valence-corrected chi connectivity index (χ3v) is 1.07. The van der Waals surface area contributed by atoms with Gasteiger partial charge in [0.25, 0.3) is 0 Å². The molecule has 0 unspecified atom stereocenters. The van der Waals surface area contributed by atoms with E-state index in [-0.39, 0.29) is 0 Å². The Labute approximate surface area is 61.4 Å². The van der Waals surface area contributed by atoms with Crippen molar-refractivity contribution in [3.8, 4) is 0 Å². The average molecular weight is 146 g/mol. The molecular formula is C7H12ClN. The standard InChI is InChI=1S/C7H12ClN/c1-3-4-5-7(8)6-9-2/h3-5,9H,6H2,1-2H3. The lowest BCUT2D eigenvalue weighted by molar-refractivity contribution is 0.909. The van der Waals surface area contributed by atoms with Crippen LogP contribution >= 0.6 is 11.6 Å². The number of nitrogens with one attached hydrogen (secondary N) is 1. The van der Waals surface area contributed by atoms with Crippen molar-refractivity contribution in [2.24, 2.45) is 0 Å². The predicted molar refractivity (Wildman–Crippen MR) is 42.7 cm³/mol. The molecule has 1 nitrogen and oxygen atoms in total. The van der Waals surface area contributed by atoms with E-state index in [0.717, 1.165) is 11.6 Å². The van der Waals surface area contributed by atoms with Gasteiger partial charge in [0.05, 0.1) is 0 Å². The molecule has 0 aromatic carbocycles. The number of hydrogen-bond donors (Lipinski definition) is 1. The third-order valence-electron chi connectivity index (χ3n) is 0.815. The zero-order valence-electron chi connectivity index (χ0n) is 5.82. The van der Waals surface area contributed by atoms with Crippen LogP contribution in [-0.4, -0.2) is 13.6 Å². The van der Waals surface area contributed by atoms with Crippen LogP contribution in [0.25, 0.3) is 0 Å². The Kier molecular flexibility index (Phi) is 5.68. The minimum Gasteiger partial charge on any atom is -0.315 e. The van der Waals surface area contributed by atoms with E-state index in [0.29, 0.717) is 0 Å². The van der Waals surface area contributed by atoms with Gasteiger partial charge in [-0.05, 0) is 20.0 Å². The fourth-order valence-electron chi connectivity index (χ4n) is 0.428. The molecule has 0 aliphatic carbocycles. The summed E-state index contributed by atoms with van der Waals surface area (Å²) in [6.07, 6.45) is 5.73. The normalized spacial score (nSPS) is 13.0. The summed E-state index contributed by atoms with van der Waals surface area (Å²) < 4.78 is 0. The second kappa shape index (κ2) is 5.86. The highest BCUT2D eigenvalue weighted by Crippen LogP contribution is 1.97. The third kappa shape index (κ3) is 5.60. The summed E-state index contributed by atoms with van der Waals surface area (Å²) in [7, 11) is 1.87. The van der Waals surface area contributed by atoms with E-state index in [2.05, 4.69) is 5.32 Å². The van der Waals surface area contributed by atoms with Gasteiger partial charge in [-0.1, -0.05) is 23.8 Å². The Morgan fingerprint density at radius 1 is 1.67 bits per heavy atom. The van der Waals surface area contributed by atoms with Gasteiger partial charge in [-0.25, -0.2) is 0 Å². The van der Waals surface area contributed by atoms with Gasteiger partial charge in [0.15, 0.2) is 0 Å². The Hall–Kier alpha value is -0.270. The summed E-state index contributed by atoms with van der Waals surface area (Å²) in [5, 5.41) is 3.77. The molecule has 0 rings (SSSR count). The van der Waals surface area contributed by atoms with Crippen LogP contribution in [0.4, 0.5) is 0 Å². The van der Waals surface area contributed by atoms with Gasteiger partial charge in [-0.3, -0.25) is 0 Å². The van der Waals surface area contributed by atoms with Gasteiger partial charge in [-0.15, -0.1) is 0 Å². The van der Waals surface area contributed by atoms with Gasteiger partial charge in [-0.2, -0.15) is 0 Å². The first kappa shape index (κ1) is 8.73. The average Bonchev–Trinajstić information content (AvgIpc) is 1.85. The zero-order chi connectivity index (χ0) is 7.11. The molecule has 0 radical (unpaired) electrons. The summed E-state index contributed by atoms with van der Waals surface area (Å²) >= 11 is 5.71. The number of rotatable bonds is 3. The molecule has 0 atom stereocenters. The van der Waals surface area contributed by atoms with Crippen LogP contribution in [0.1, 0.15) is 6.92 Å². The Bertz CT molecular complexity index is 116. The van der Waals surface area contributed by atoms with E-state index in [1.54, 1.807) is 0 Å². The van der Waals surface area contributed by atoms with Crippen LogP contribution in [0, 0.1) is 0 Å². The van der Waals surface area contributed by atoms with Gasteiger partial charge in [0.2, 0.25) is 0 Å². The predicted octanol–water partition coefficient (Wildman–Crippen LogP) is 1.90. The fourth-order valence-corrected chi connectivity index (χ4v) is 0.635. The molecule has 0 amide bonds. The van der Waals surface area contributed by atoms with Crippen molar-refractivity contribution in [3.63, 3.8) is 0 Å². The molecule has 0 heterocycles. The molecule has 1 N–H and O–H groups in total. The largest absolute Gasteiger partial charge is 0.315 e. The van der Waals surface area contributed by atoms with E-state index in [1.165, 1.54) is 0 Å². The van der Waals surface area contributed by atoms with E-state index >= 15 is 0 Å². The van der Waals surface area contributed by atoms with Crippen molar-refractivity contribution in [1.29, 1.82) is 0 Å². The molecule has 0 bridgehead atoms. The van der Waals surface area contributed by atoms with Crippen molar-refractivity contribution < 1.29 is 0 Å². The summed E-state index contributed by atoms with van der Waals surface area (Å²) in [5.41, 5.74) is 0. The number of likely N-dealkylation sites (N-methyl/N-ethyl adjacent to an activating group) is 1. The second-order valence-corrected chi connectivity index (χ2v) is 2.16. The molecule has 0 aliphatic rings. The SMILES string of the molecule is CC=CC=C(Cl)CNC. The number of halogens is 1. The molecule has 2 heteroatoms. The lowest BCUT2D eigenvalue weighted by Gasteiger charge is -1.92. The minimum absolute atomic E-state index is 0.742. The molecule has 0 spiro atoms. The van der Waals surface area contributed by atoms with Crippen molar-refractivity contribution in [1.82, 2.24) is 5.32 Å². The van der Waals surface area contributed by atoms with Gasteiger partial charge in [0, 0.05) is 11.6 Å². The molecule has 0 saturated carbocycles. The summed E-state index contributed by atoms with van der Waals surface area (Å²) in [6, 6.07) is 0. The van der Waals surface area contributed by atoms with E-state index in [4.69, 9.17) is 11.6 Å². The lowest BCUT2D eigenvalue weighted by Crippen LogP contribution is -2.06. The Morgan fingerprint density at radius 3 is 2.78 bits per heavy atom. The van der Waals surface area contributed by atoms with Crippen molar-refractivity contribution >= 4 is 11.6 Å². The molecule has 0 aromatic rings. The highest BCUT2D eigenvalue weighted by atomic mass is 35.5.